The molecule has 1 atom stereocenters. The van der Waals surface area contributed by atoms with E-state index in [0.29, 0.717) is 6.04 Å². The van der Waals surface area contributed by atoms with Crippen LogP contribution in [-0.2, 0) is 0 Å². The highest BCUT2D eigenvalue weighted by molar-refractivity contribution is 7.10. The Bertz CT molecular complexity index is 579. The average Bonchev–Trinajstić information content (AvgIpc) is 3.10. The van der Waals surface area contributed by atoms with Gasteiger partial charge in [0.15, 0.2) is 6.04 Å². The van der Waals surface area contributed by atoms with Crippen LogP contribution in [0.15, 0.2) is 41.8 Å². The van der Waals surface area contributed by atoms with E-state index >= 15 is 0 Å². The van der Waals surface area contributed by atoms with Gasteiger partial charge in [-0.3, -0.25) is 0 Å². The molecule has 0 radical (unpaired) electrons. The topological polar surface area (TPSA) is 44.5 Å². The number of para-hydroxylation sites is 2. The first kappa shape index (κ1) is 15.3. The van der Waals surface area contributed by atoms with Gasteiger partial charge in [-0.1, -0.05) is 18.2 Å². The molecule has 118 valence electrons. The van der Waals surface area contributed by atoms with Gasteiger partial charge in [0.2, 0.25) is 0 Å². The number of hydrogen-bond donors (Lipinski definition) is 2. The van der Waals surface area contributed by atoms with Crippen molar-refractivity contribution in [2.45, 2.75) is 6.04 Å². The summed E-state index contributed by atoms with van der Waals surface area (Å²) in [4.78, 5) is 5.57. The zero-order valence-corrected chi connectivity index (χ0v) is 13.9. The molecule has 2 aromatic rings. The minimum absolute atomic E-state index is 0.541. The zero-order chi connectivity index (χ0) is 15.4. The SMILES string of the molecule is COc1ccccc1N1CC[NH+]([C@H](C[NH3+])c2cccs2)CC1. The molecule has 22 heavy (non-hydrogen) atoms. The van der Waals surface area contributed by atoms with E-state index in [0.717, 1.165) is 38.5 Å². The molecule has 5 heteroatoms. The molecule has 1 aromatic heterocycles. The van der Waals surface area contributed by atoms with Gasteiger partial charge in [0.05, 0.1) is 43.9 Å². The number of rotatable bonds is 5. The van der Waals surface area contributed by atoms with Gasteiger partial charge in [0, 0.05) is 0 Å². The molecule has 0 saturated carbocycles. The lowest BCUT2D eigenvalue weighted by Gasteiger charge is -2.36. The summed E-state index contributed by atoms with van der Waals surface area (Å²) in [5.41, 5.74) is 5.39. The van der Waals surface area contributed by atoms with Crippen molar-refractivity contribution >= 4 is 17.0 Å². The molecule has 0 amide bonds. The second-order valence-corrected chi connectivity index (χ2v) is 6.65. The molecule has 0 bridgehead atoms. The minimum atomic E-state index is 0.541. The quantitative estimate of drug-likeness (QED) is 0.840. The summed E-state index contributed by atoms with van der Waals surface area (Å²) in [6, 6.07) is 13.2. The third kappa shape index (κ3) is 3.11. The lowest BCUT2D eigenvalue weighted by molar-refractivity contribution is -0.937. The number of nitrogens with one attached hydrogen (secondary N) is 1. The number of hydrogen-bond acceptors (Lipinski definition) is 3. The Kier molecular flexibility index (Phi) is 4.97. The molecule has 1 fully saturated rings. The van der Waals surface area contributed by atoms with Crippen molar-refractivity contribution in [3.63, 3.8) is 0 Å². The van der Waals surface area contributed by atoms with Crippen molar-refractivity contribution in [1.29, 1.82) is 0 Å². The Hall–Kier alpha value is -1.56. The Labute approximate surface area is 136 Å². The van der Waals surface area contributed by atoms with Crippen LogP contribution in [-0.4, -0.2) is 39.8 Å². The van der Waals surface area contributed by atoms with E-state index in [4.69, 9.17) is 4.74 Å². The summed E-state index contributed by atoms with van der Waals surface area (Å²) in [5.74, 6) is 0.970. The van der Waals surface area contributed by atoms with Crippen molar-refractivity contribution < 1.29 is 15.4 Å². The summed E-state index contributed by atoms with van der Waals surface area (Å²) in [6.45, 7) is 5.39. The van der Waals surface area contributed by atoms with Crippen LogP contribution in [0.3, 0.4) is 0 Å². The molecule has 3 rings (SSSR count). The predicted octanol–water partition coefficient (Wildman–Crippen LogP) is 0.445. The molecule has 1 aliphatic heterocycles. The van der Waals surface area contributed by atoms with Crippen LogP contribution in [0.4, 0.5) is 5.69 Å². The number of ether oxygens (including phenoxy) is 1. The zero-order valence-electron chi connectivity index (χ0n) is 13.1. The number of anilines is 1. The molecule has 4 nitrogen and oxygen atoms in total. The Morgan fingerprint density at radius 1 is 1.23 bits per heavy atom. The molecule has 0 aliphatic carbocycles. The third-order valence-corrected chi connectivity index (χ3v) is 5.49. The van der Waals surface area contributed by atoms with Crippen LogP contribution in [0, 0.1) is 0 Å². The van der Waals surface area contributed by atoms with Crippen molar-refractivity contribution in [3.05, 3.63) is 46.7 Å². The number of methoxy groups -OCH3 is 1. The van der Waals surface area contributed by atoms with Crippen LogP contribution in [0.5, 0.6) is 5.75 Å². The van der Waals surface area contributed by atoms with Crippen LogP contribution in [0.2, 0.25) is 0 Å². The number of thiophene rings is 1. The molecular formula is C17H25N3OS+2. The first-order valence-electron chi connectivity index (χ1n) is 7.88. The lowest BCUT2D eigenvalue weighted by atomic mass is 10.1. The smallest absolute Gasteiger partial charge is 0.172 e. The maximum absolute atomic E-state index is 5.50. The number of benzene rings is 1. The average molecular weight is 319 g/mol. The molecule has 1 saturated heterocycles. The normalized spacial score (nSPS) is 17.5. The van der Waals surface area contributed by atoms with Gasteiger partial charge in [-0.25, -0.2) is 0 Å². The highest BCUT2D eigenvalue weighted by Gasteiger charge is 2.30. The fourth-order valence-electron chi connectivity index (χ4n) is 3.31. The fraction of sp³-hybridized carbons (Fsp3) is 0.412. The van der Waals surface area contributed by atoms with E-state index < -0.39 is 0 Å². The summed E-state index contributed by atoms with van der Waals surface area (Å²) >= 11 is 1.86. The maximum Gasteiger partial charge on any atom is 0.172 e. The van der Waals surface area contributed by atoms with Crippen LogP contribution in [0.1, 0.15) is 10.9 Å². The van der Waals surface area contributed by atoms with Crippen LogP contribution >= 0.6 is 11.3 Å². The van der Waals surface area contributed by atoms with Gasteiger partial charge >= 0.3 is 0 Å². The van der Waals surface area contributed by atoms with Gasteiger partial charge < -0.3 is 20.3 Å². The molecule has 0 unspecified atom stereocenters. The molecule has 4 N–H and O–H groups in total. The molecule has 1 aromatic carbocycles. The minimum Gasteiger partial charge on any atom is -0.495 e. The van der Waals surface area contributed by atoms with E-state index in [1.165, 1.54) is 10.6 Å². The summed E-state index contributed by atoms with van der Waals surface area (Å²) in [7, 11) is 1.75. The van der Waals surface area contributed by atoms with E-state index in [2.05, 4.69) is 40.3 Å². The van der Waals surface area contributed by atoms with E-state index in [-0.39, 0.29) is 0 Å². The molecule has 0 spiro atoms. The number of piperazine rings is 1. The summed E-state index contributed by atoms with van der Waals surface area (Å²) < 4.78 is 5.50. The maximum atomic E-state index is 5.50. The molecule has 2 heterocycles. The van der Waals surface area contributed by atoms with Crippen molar-refractivity contribution in [3.8, 4) is 5.75 Å². The van der Waals surface area contributed by atoms with Crippen molar-refractivity contribution in [1.82, 2.24) is 0 Å². The van der Waals surface area contributed by atoms with E-state index in [9.17, 15) is 0 Å². The first-order valence-corrected chi connectivity index (χ1v) is 8.76. The lowest BCUT2D eigenvalue weighted by Crippen LogP contribution is -3.16. The fourth-order valence-corrected chi connectivity index (χ4v) is 4.23. The largest absolute Gasteiger partial charge is 0.495 e. The summed E-state index contributed by atoms with van der Waals surface area (Å²) in [6.07, 6.45) is 0. The molecule has 1 aliphatic rings. The summed E-state index contributed by atoms with van der Waals surface area (Å²) in [5, 5.41) is 2.17. The Balaban J connectivity index is 1.67. The Morgan fingerprint density at radius 3 is 2.64 bits per heavy atom. The predicted molar refractivity (Wildman–Crippen MR) is 90.7 cm³/mol. The van der Waals surface area contributed by atoms with Gasteiger partial charge in [-0.05, 0) is 23.6 Å². The first-order chi connectivity index (χ1) is 10.8. The second kappa shape index (κ2) is 7.13. The van der Waals surface area contributed by atoms with Crippen molar-refractivity contribution in [2.24, 2.45) is 0 Å². The van der Waals surface area contributed by atoms with Gasteiger partial charge in [0.1, 0.15) is 12.3 Å². The standard InChI is InChI=1S/C17H23N3OS/c1-21-16-6-3-2-5-14(16)19-8-10-20(11-9-19)15(13-18)17-7-4-12-22-17/h2-7,12,15H,8-11,13,18H2,1H3/p+2/t15-/m1/s1. The molecular weight excluding hydrogens is 294 g/mol. The highest BCUT2D eigenvalue weighted by Crippen LogP contribution is 2.27. The monoisotopic (exact) mass is 319 g/mol. The number of nitrogens with zero attached hydrogens (tertiary/aromatic N) is 1. The van der Waals surface area contributed by atoms with Gasteiger partial charge in [-0.15, -0.1) is 11.3 Å². The van der Waals surface area contributed by atoms with Gasteiger partial charge in [0.25, 0.3) is 0 Å². The van der Waals surface area contributed by atoms with E-state index in [1.54, 1.807) is 12.0 Å². The third-order valence-electron chi connectivity index (χ3n) is 4.50. The second-order valence-electron chi connectivity index (χ2n) is 5.67. The number of quaternary nitrogens is 2. The Morgan fingerprint density at radius 2 is 2.00 bits per heavy atom. The van der Waals surface area contributed by atoms with Gasteiger partial charge in [-0.2, -0.15) is 0 Å². The van der Waals surface area contributed by atoms with Crippen molar-refractivity contribution in [2.75, 3.05) is 44.7 Å². The van der Waals surface area contributed by atoms with Crippen LogP contribution in [0.25, 0.3) is 0 Å². The van der Waals surface area contributed by atoms with Crippen LogP contribution < -0.4 is 20.3 Å². The highest BCUT2D eigenvalue weighted by atomic mass is 32.1. The van der Waals surface area contributed by atoms with E-state index in [1.807, 2.05) is 23.5 Å².